The average Bonchev–Trinajstić information content (AvgIpc) is 2.46. The van der Waals surface area contributed by atoms with Crippen molar-refractivity contribution < 1.29 is 4.48 Å². The molecule has 0 fully saturated rings. The Morgan fingerprint density at radius 3 is 1.05 bits per heavy atom. The van der Waals surface area contributed by atoms with Crippen LogP contribution in [0.3, 0.4) is 0 Å². The SMILES string of the molecule is CCCC[N+](CCCC)(CCCC)CCCC.[B-]C#N. The first-order valence-corrected chi connectivity index (χ1v) is 8.61. The van der Waals surface area contributed by atoms with E-state index in [1.165, 1.54) is 88.0 Å². The third kappa shape index (κ3) is 12.5. The van der Waals surface area contributed by atoms with Gasteiger partial charge in [0.2, 0.25) is 0 Å². The molecule has 0 aromatic heterocycles. The minimum atomic E-state index is 1.25. The first kappa shape index (κ1) is 21.8. The van der Waals surface area contributed by atoms with E-state index in [1.807, 2.05) is 0 Å². The highest BCUT2D eigenvalue weighted by atomic mass is 15.3. The van der Waals surface area contributed by atoms with Gasteiger partial charge in [0.05, 0.1) is 26.2 Å². The lowest BCUT2D eigenvalue weighted by molar-refractivity contribution is -0.929. The summed E-state index contributed by atoms with van der Waals surface area (Å²) in [5.41, 5.74) is 0. The fourth-order valence-electron chi connectivity index (χ4n) is 2.64. The topological polar surface area (TPSA) is 23.8 Å². The molecule has 0 bridgehead atoms. The zero-order valence-electron chi connectivity index (χ0n) is 14.5. The lowest BCUT2D eigenvalue weighted by Gasteiger charge is -2.39. The van der Waals surface area contributed by atoms with E-state index in [-0.39, 0.29) is 0 Å². The van der Waals surface area contributed by atoms with Crippen LogP contribution in [0, 0.1) is 11.2 Å². The van der Waals surface area contributed by atoms with Crippen LogP contribution < -0.4 is 0 Å². The van der Waals surface area contributed by atoms with Crippen molar-refractivity contribution in [2.75, 3.05) is 26.2 Å². The Kier molecular flexibility index (Phi) is 18.1. The Balaban J connectivity index is 0. The van der Waals surface area contributed by atoms with E-state index in [2.05, 4.69) is 35.5 Å². The van der Waals surface area contributed by atoms with Crippen molar-refractivity contribution >= 4 is 7.85 Å². The molecule has 3 heteroatoms. The van der Waals surface area contributed by atoms with Crippen molar-refractivity contribution in [2.24, 2.45) is 0 Å². The maximum Gasteiger partial charge on any atom is 0.0786 e. The van der Waals surface area contributed by atoms with Gasteiger partial charge < -0.3 is 12.3 Å². The van der Waals surface area contributed by atoms with Crippen molar-refractivity contribution in [2.45, 2.75) is 79.1 Å². The molecule has 0 aromatic rings. The monoisotopic (exact) mass is 279 g/mol. The van der Waals surface area contributed by atoms with Crippen LogP contribution in [0.2, 0.25) is 0 Å². The first-order valence-electron chi connectivity index (χ1n) is 8.61. The second-order valence-electron chi connectivity index (χ2n) is 5.78. The van der Waals surface area contributed by atoms with Crippen LogP contribution in [-0.4, -0.2) is 38.5 Å². The molecular weight excluding hydrogens is 243 g/mol. The second-order valence-corrected chi connectivity index (χ2v) is 5.78. The molecule has 0 N–H and O–H groups in total. The summed E-state index contributed by atoms with van der Waals surface area (Å²) in [7, 11) is 4.15. The largest absolute Gasteiger partial charge is 0.466 e. The molecule has 3 radical (unpaired) electrons. The van der Waals surface area contributed by atoms with Crippen LogP contribution in [0.5, 0.6) is 0 Å². The van der Waals surface area contributed by atoms with Gasteiger partial charge >= 0.3 is 0 Å². The highest BCUT2D eigenvalue weighted by Gasteiger charge is 2.24. The molecule has 0 atom stereocenters. The molecule has 20 heavy (non-hydrogen) atoms. The highest BCUT2D eigenvalue weighted by molar-refractivity contribution is 6.20. The molecule has 0 heterocycles. The predicted octanol–water partition coefficient (Wildman–Crippen LogP) is 4.64. The molecule has 0 saturated heterocycles. The number of hydrogen-bond donors (Lipinski definition) is 0. The first-order chi connectivity index (χ1) is 9.66. The van der Waals surface area contributed by atoms with Crippen molar-refractivity contribution in [3.8, 4) is 5.97 Å². The van der Waals surface area contributed by atoms with Crippen molar-refractivity contribution in [1.82, 2.24) is 0 Å². The smallest absolute Gasteiger partial charge is 0.0786 e. The number of nitrogens with zero attached hydrogens (tertiary/aromatic N) is 2. The fraction of sp³-hybridized carbons (Fsp3) is 0.941. The Morgan fingerprint density at radius 2 is 0.900 bits per heavy atom. The van der Waals surface area contributed by atoms with E-state index in [4.69, 9.17) is 5.26 Å². The molecule has 0 unspecified atom stereocenters. The minimum Gasteiger partial charge on any atom is -0.466 e. The van der Waals surface area contributed by atoms with Crippen LogP contribution in [-0.2, 0) is 0 Å². The normalized spacial score (nSPS) is 10.6. The summed E-state index contributed by atoms with van der Waals surface area (Å²) in [4.78, 5) is 0. The van der Waals surface area contributed by atoms with Gasteiger partial charge in [0.1, 0.15) is 0 Å². The van der Waals surface area contributed by atoms with Crippen LogP contribution in [0.1, 0.15) is 79.1 Å². The summed E-state index contributed by atoms with van der Waals surface area (Å²) >= 11 is 0. The summed E-state index contributed by atoms with van der Waals surface area (Å²) in [5, 5.41) is 7.10. The Morgan fingerprint density at radius 1 is 0.700 bits per heavy atom. The van der Waals surface area contributed by atoms with E-state index in [0.717, 1.165) is 0 Å². The highest BCUT2D eigenvalue weighted by Crippen LogP contribution is 2.16. The van der Waals surface area contributed by atoms with Crippen LogP contribution in [0.25, 0.3) is 0 Å². The van der Waals surface area contributed by atoms with E-state index >= 15 is 0 Å². The molecule has 0 rings (SSSR count). The Bertz CT molecular complexity index is 186. The van der Waals surface area contributed by atoms with Crippen molar-refractivity contribution in [1.29, 1.82) is 5.26 Å². The lowest BCUT2D eigenvalue weighted by atomic mass is 10.1. The van der Waals surface area contributed by atoms with Crippen LogP contribution >= 0.6 is 0 Å². The van der Waals surface area contributed by atoms with Gasteiger partial charge in [-0.25, -0.2) is 0 Å². The molecule has 0 amide bonds. The molecular formula is C17H36BN2. The number of rotatable bonds is 12. The van der Waals surface area contributed by atoms with Crippen LogP contribution in [0.4, 0.5) is 0 Å². The van der Waals surface area contributed by atoms with E-state index in [1.54, 1.807) is 0 Å². The van der Waals surface area contributed by atoms with Crippen molar-refractivity contribution in [3.05, 3.63) is 0 Å². The van der Waals surface area contributed by atoms with Gasteiger partial charge in [0, 0.05) is 0 Å². The molecule has 0 spiro atoms. The summed E-state index contributed by atoms with van der Waals surface area (Å²) in [5.74, 6) is 1.25. The van der Waals surface area contributed by atoms with Gasteiger partial charge in [0.15, 0.2) is 0 Å². The van der Waals surface area contributed by atoms with Gasteiger partial charge in [-0.1, -0.05) is 53.4 Å². The molecule has 0 saturated carbocycles. The van der Waals surface area contributed by atoms with Gasteiger partial charge in [-0.05, 0) is 25.7 Å². The summed E-state index contributed by atoms with van der Waals surface area (Å²) in [6.07, 6.45) is 11.1. The van der Waals surface area contributed by atoms with Gasteiger partial charge in [0.25, 0.3) is 0 Å². The minimum absolute atomic E-state index is 1.25. The quantitative estimate of drug-likeness (QED) is 0.377. The summed E-state index contributed by atoms with van der Waals surface area (Å²) in [6, 6.07) is 0. The molecule has 2 nitrogen and oxygen atoms in total. The van der Waals surface area contributed by atoms with E-state index in [0.29, 0.717) is 0 Å². The lowest BCUT2D eigenvalue weighted by Crippen LogP contribution is -2.50. The van der Waals surface area contributed by atoms with Crippen LogP contribution in [0.15, 0.2) is 0 Å². The zero-order chi connectivity index (χ0) is 15.7. The molecule has 117 valence electrons. The second kappa shape index (κ2) is 16.6. The molecule has 0 aliphatic carbocycles. The summed E-state index contributed by atoms with van der Waals surface area (Å²) < 4.78 is 1.42. The van der Waals surface area contributed by atoms with Gasteiger partial charge in [-0.15, -0.1) is 0 Å². The molecule has 0 aliphatic heterocycles. The average molecular weight is 279 g/mol. The van der Waals surface area contributed by atoms with Gasteiger partial charge in [-0.2, -0.15) is 0 Å². The third-order valence-corrected chi connectivity index (χ3v) is 3.94. The van der Waals surface area contributed by atoms with Crippen molar-refractivity contribution in [3.63, 3.8) is 0 Å². The Hall–Kier alpha value is -0.485. The third-order valence-electron chi connectivity index (χ3n) is 3.94. The Labute approximate surface area is 129 Å². The number of nitriles is 1. The van der Waals surface area contributed by atoms with E-state index < -0.39 is 0 Å². The number of quaternary nitrogens is 1. The zero-order valence-corrected chi connectivity index (χ0v) is 14.5. The standard InChI is InChI=1S/C16H36N.CBN/c1-5-9-13-17(14-10-6-2,15-11-7-3)16-12-8-4;2-1-3/h5-16H2,1-4H3;/q+1;-1. The van der Waals surface area contributed by atoms with Gasteiger partial charge in [-0.3, -0.25) is 11.2 Å². The maximum atomic E-state index is 7.10. The predicted molar refractivity (Wildman–Crippen MR) is 90.7 cm³/mol. The number of unbranched alkanes of at least 4 members (excludes halogenated alkanes) is 4. The molecule has 0 aliphatic rings. The number of hydrogen-bond acceptors (Lipinski definition) is 1. The van der Waals surface area contributed by atoms with E-state index in [9.17, 15) is 0 Å². The maximum absolute atomic E-state index is 7.10. The summed E-state index contributed by atoms with van der Waals surface area (Å²) in [6.45, 7) is 15.0. The fourth-order valence-corrected chi connectivity index (χ4v) is 2.64. The molecule has 0 aromatic carbocycles.